The van der Waals surface area contributed by atoms with E-state index in [1.807, 2.05) is 42.5 Å². The van der Waals surface area contributed by atoms with Crippen molar-refractivity contribution in [2.45, 2.75) is 23.6 Å². The van der Waals surface area contributed by atoms with E-state index in [-0.39, 0.29) is 5.91 Å². The molecule has 120 valence electrons. The molecule has 23 heavy (non-hydrogen) atoms. The van der Waals surface area contributed by atoms with Crippen LogP contribution in [0.15, 0.2) is 59.5 Å². The highest BCUT2D eigenvalue weighted by Gasteiger charge is 2.16. The van der Waals surface area contributed by atoms with E-state index in [4.69, 9.17) is 11.6 Å². The van der Waals surface area contributed by atoms with Crippen molar-refractivity contribution < 1.29 is 9.59 Å². The van der Waals surface area contributed by atoms with E-state index in [0.29, 0.717) is 11.6 Å². The number of amides is 3. The van der Waals surface area contributed by atoms with Gasteiger partial charge in [0.25, 0.3) is 0 Å². The number of hydrogen-bond acceptors (Lipinski definition) is 3. The summed E-state index contributed by atoms with van der Waals surface area (Å²) >= 11 is 7.19. The summed E-state index contributed by atoms with van der Waals surface area (Å²) in [5, 5.41) is 5.26. The van der Waals surface area contributed by atoms with Crippen LogP contribution >= 0.6 is 23.4 Å². The Morgan fingerprint density at radius 1 is 1.09 bits per heavy atom. The number of carbonyl (C=O) groups excluding carboxylic acids is 2. The first-order valence-electron chi connectivity index (χ1n) is 7.09. The smallest absolute Gasteiger partial charge is 0.321 e. The van der Waals surface area contributed by atoms with Crippen molar-refractivity contribution in [3.8, 4) is 0 Å². The van der Waals surface area contributed by atoms with Gasteiger partial charge in [-0.1, -0.05) is 41.9 Å². The first-order valence-corrected chi connectivity index (χ1v) is 8.35. The average Bonchev–Trinajstić information content (AvgIpc) is 2.56. The Morgan fingerprint density at radius 3 is 2.39 bits per heavy atom. The first-order chi connectivity index (χ1) is 11.0. The maximum atomic E-state index is 12.0. The third kappa shape index (κ3) is 5.96. The summed E-state index contributed by atoms with van der Waals surface area (Å²) in [6, 6.07) is 16.2. The molecular weight excluding hydrogens is 332 g/mol. The molecule has 2 aromatic rings. The third-order valence-corrected chi connectivity index (χ3v) is 4.39. The lowest BCUT2D eigenvalue weighted by Crippen LogP contribution is -2.42. The predicted molar refractivity (Wildman–Crippen MR) is 93.6 cm³/mol. The van der Waals surface area contributed by atoms with Crippen molar-refractivity contribution in [2.75, 3.05) is 0 Å². The SMILES string of the molecule is CC(Sc1ccc(Cl)cc1)C(=O)NC(=O)NCc1ccccc1. The highest BCUT2D eigenvalue weighted by atomic mass is 35.5. The molecule has 0 fully saturated rings. The Kier molecular flexibility index (Phi) is 6.50. The number of urea groups is 1. The molecule has 2 N–H and O–H groups in total. The lowest BCUT2D eigenvalue weighted by atomic mass is 10.2. The topological polar surface area (TPSA) is 58.2 Å². The molecule has 1 unspecified atom stereocenters. The molecule has 4 nitrogen and oxygen atoms in total. The van der Waals surface area contributed by atoms with E-state index >= 15 is 0 Å². The number of hydrogen-bond donors (Lipinski definition) is 2. The molecule has 0 aliphatic heterocycles. The van der Waals surface area contributed by atoms with Gasteiger partial charge >= 0.3 is 6.03 Å². The van der Waals surface area contributed by atoms with Gasteiger partial charge in [-0.25, -0.2) is 4.79 Å². The Hall–Kier alpha value is -1.98. The Labute approximate surface area is 144 Å². The normalized spacial score (nSPS) is 11.6. The fourth-order valence-corrected chi connectivity index (χ4v) is 2.80. The minimum atomic E-state index is -0.498. The molecule has 0 aliphatic carbocycles. The molecule has 0 aromatic heterocycles. The quantitative estimate of drug-likeness (QED) is 0.807. The lowest BCUT2D eigenvalue weighted by molar-refractivity contribution is -0.119. The lowest BCUT2D eigenvalue weighted by Gasteiger charge is -2.12. The highest BCUT2D eigenvalue weighted by Crippen LogP contribution is 2.24. The molecule has 0 spiro atoms. The maximum Gasteiger partial charge on any atom is 0.321 e. The highest BCUT2D eigenvalue weighted by molar-refractivity contribution is 8.00. The fraction of sp³-hybridized carbons (Fsp3) is 0.176. The van der Waals surface area contributed by atoms with Gasteiger partial charge in [-0.15, -0.1) is 11.8 Å². The second kappa shape index (κ2) is 8.60. The van der Waals surface area contributed by atoms with E-state index in [9.17, 15) is 9.59 Å². The number of benzene rings is 2. The van der Waals surface area contributed by atoms with E-state index in [1.165, 1.54) is 11.8 Å². The molecule has 3 amide bonds. The van der Waals surface area contributed by atoms with Crippen LogP contribution in [0.1, 0.15) is 12.5 Å². The standard InChI is InChI=1S/C17H17ClN2O2S/c1-12(23-15-9-7-14(18)8-10-15)16(21)20-17(22)19-11-13-5-3-2-4-6-13/h2-10,12H,11H2,1H3,(H2,19,20,21,22). The summed E-state index contributed by atoms with van der Waals surface area (Å²) in [7, 11) is 0. The minimum Gasteiger partial charge on any atom is -0.334 e. The van der Waals surface area contributed by atoms with E-state index in [0.717, 1.165) is 10.5 Å². The van der Waals surface area contributed by atoms with Crippen molar-refractivity contribution in [1.82, 2.24) is 10.6 Å². The Bertz CT molecular complexity index is 662. The van der Waals surface area contributed by atoms with Gasteiger partial charge in [0.1, 0.15) is 0 Å². The molecule has 6 heteroatoms. The molecule has 1 atom stereocenters. The second-order valence-corrected chi connectivity index (χ2v) is 6.72. The largest absolute Gasteiger partial charge is 0.334 e. The first kappa shape index (κ1) is 17.4. The summed E-state index contributed by atoms with van der Waals surface area (Å²) in [5.74, 6) is -0.337. The summed E-state index contributed by atoms with van der Waals surface area (Å²) in [5.41, 5.74) is 0.971. The van der Waals surface area contributed by atoms with E-state index < -0.39 is 11.3 Å². The predicted octanol–water partition coefficient (Wildman–Crippen LogP) is 3.85. The van der Waals surface area contributed by atoms with Crippen molar-refractivity contribution in [3.05, 3.63) is 65.2 Å². The van der Waals surface area contributed by atoms with Gasteiger partial charge in [0.2, 0.25) is 5.91 Å². The Balaban J connectivity index is 1.78. The maximum absolute atomic E-state index is 12.0. The van der Waals surface area contributed by atoms with Crippen molar-refractivity contribution in [3.63, 3.8) is 0 Å². The van der Waals surface area contributed by atoms with Crippen LogP contribution in [0.3, 0.4) is 0 Å². The van der Waals surface area contributed by atoms with Crippen LogP contribution in [0.2, 0.25) is 5.02 Å². The van der Waals surface area contributed by atoms with Crippen molar-refractivity contribution in [2.24, 2.45) is 0 Å². The van der Waals surface area contributed by atoms with Crippen LogP contribution < -0.4 is 10.6 Å². The molecule has 0 aliphatic rings. The van der Waals surface area contributed by atoms with Gasteiger partial charge in [-0.05, 0) is 36.8 Å². The molecule has 0 heterocycles. The average molecular weight is 349 g/mol. The number of imide groups is 1. The monoisotopic (exact) mass is 348 g/mol. The summed E-state index contributed by atoms with van der Waals surface area (Å²) in [6.07, 6.45) is 0. The van der Waals surface area contributed by atoms with Gasteiger partial charge in [0, 0.05) is 16.5 Å². The number of thioether (sulfide) groups is 1. The van der Waals surface area contributed by atoms with Gasteiger partial charge in [0.05, 0.1) is 5.25 Å². The zero-order valence-corrected chi connectivity index (χ0v) is 14.2. The minimum absolute atomic E-state index is 0.337. The second-order valence-electron chi connectivity index (χ2n) is 4.87. The molecule has 2 aromatic carbocycles. The van der Waals surface area contributed by atoms with E-state index in [2.05, 4.69) is 10.6 Å². The van der Waals surface area contributed by atoms with Crippen LogP contribution in [0.4, 0.5) is 4.79 Å². The Morgan fingerprint density at radius 2 is 1.74 bits per heavy atom. The summed E-state index contributed by atoms with van der Waals surface area (Å²) in [6.45, 7) is 2.12. The zero-order valence-electron chi connectivity index (χ0n) is 12.6. The number of rotatable bonds is 5. The van der Waals surface area contributed by atoms with Crippen LogP contribution in [-0.2, 0) is 11.3 Å². The van der Waals surface area contributed by atoms with Crippen LogP contribution in [0.25, 0.3) is 0 Å². The van der Waals surface area contributed by atoms with Crippen LogP contribution in [0.5, 0.6) is 0 Å². The molecule has 0 bridgehead atoms. The zero-order chi connectivity index (χ0) is 16.7. The number of nitrogens with one attached hydrogen (secondary N) is 2. The van der Waals surface area contributed by atoms with Gasteiger partial charge in [-0.2, -0.15) is 0 Å². The van der Waals surface area contributed by atoms with Gasteiger partial charge in [0.15, 0.2) is 0 Å². The molecule has 0 radical (unpaired) electrons. The van der Waals surface area contributed by atoms with Crippen LogP contribution in [-0.4, -0.2) is 17.2 Å². The van der Waals surface area contributed by atoms with E-state index in [1.54, 1.807) is 19.1 Å². The molecule has 0 saturated carbocycles. The number of carbonyl (C=O) groups is 2. The molecular formula is C17H17ClN2O2S. The molecule has 2 rings (SSSR count). The van der Waals surface area contributed by atoms with Crippen LogP contribution in [0, 0.1) is 0 Å². The van der Waals surface area contributed by atoms with Gasteiger partial charge in [-0.3, -0.25) is 10.1 Å². The fourth-order valence-electron chi connectivity index (χ4n) is 1.81. The number of halogens is 1. The van der Waals surface area contributed by atoms with Crippen molar-refractivity contribution >= 4 is 35.3 Å². The molecule has 0 saturated heterocycles. The third-order valence-electron chi connectivity index (χ3n) is 3.03. The summed E-state index contributed by atoms with van der Waals surface area (Å²) in [4.78, 5) is 24.7. The van der Waals surface area contributed by atoms with Crippen molar-refractivity contribution in [1.29, 1.82) is 0 Å². The van der Waals surface area contributed by atoms with Gasteiger partial charge < -0.3 is 5.32 Å². The summed E-state index contributed by atoms with van der Waals surface area (Å²) < 4.78 is 0.